The van der Waals surface area contributed by atoms with Gasteiger partial charge in [-0.2, -0.15) is 0 Å². The molecule has 1 aromatic carbocycles. The van der Waals surface area contributed by atoms with Gasteiger partial charge < -0.3 is 20.5 Å². The molecule has 0 amide bonds. The molecule has 1 aliphatic heterocycles. The summed E-state index contributed by atoms with van der Waals surface area (Å²) in [5, 5.41) is 17.7. The molecule has 1 fully saturated rings. The van der Waals surface area contributed by atoms with Gasteiger partial charge in [0, 0.05) is 51.6 Å². The minimum atomic E-state index is -0.558. The Balaban J connectivity index is 0.00000218. The number of fused-ring (bicyclic) bond motifs is 2. The maximum atomic E-state index is 12.8. The van der Waals surface area contributed by atoms with Crippen LogP contribution in [0.15, 0.2) is 24.3 Å². The number of aryl methyl sites for hydroxylation is 2. The number of carbonyl (C=O) groups is 1. The average molecular weight is 449 g/mol. The summed E-state index contributed by atoms with van der Waals surface area (Å²) in [5.41, 5.74) is 3.28. The third-order valence-electron chi connectivity index (χ3n) is 6.57. The van der Waals surface area contributed by atoms with Gasteiger partial charge in [-0.15, -0.1) is 23.7 Å². The van der Waals surface area contributed by atoms with Crippen LogP contribution in [0.25, 0.3) is 0 Å². The highest BCUT2D eigenvalue weighted by molar-refractivity contribution is 7.12. The van der Waals surface area contributed by atoms with E-state index in [9.17, 15) is 9.90 Å². The van der Waals surface area contributed by atoms with E-state index >= 15 is 0 Å². The summed E-state index contributed by atoms with van der Waals surface area (Å²) in [7, 11) is 0. The fourth-order valence-corrected chi connectivity index (χ4v) is 6.04. The number of nitrogens with one attached hydrogen (secondary N) is 2. The number of hydrogen-bond donors (Lipinski definition) is 3. The first-order chi connectivity index (χ1) is 14.1. The number of thiophene rings is 1. The van der Waals surface area contributed by atoms with Gasteiger partial charge in [-0.05, 0) is 57.2 Å². The molecule has 4 unspecified atom stereocenters. The van der Waals surface area contributed by atoms with E-state index in [1.807, 2.05) is 18.2 Å². The van der Waals surface area contributed by atoms with Crippen molar-refractivity contribution in [2.45, 2.75) is 57.3 Å². The Morgan fingerprint density at radius 1 is 1.27 bits per heavy atom. The summed E-state index contributed by atoms with van der Waals surface area (Å²) in [4.78, 5) is 15.3. The van der Waals surface area contributed by atoms with Crippen LogP contribution in [0.2, 0.25) is 0 Å². The largest absolute Gasteiger partial charge is 0.487 e. The van der Waals surface area contributed by atoms with Crippen molar-refractivity contribution in [1.29, 1.82) is 0 Å². The van der Waals surface area contributed by atoms with Crippen molar-refractivity contribution in [3.05, 3.63) is 45.1 Å². The SMILES string of the molecule is Cc1cc2c(s1)CCC(CNC1CCC(Oc3cccc4c3CCN4)C1O)C2=O.Cl. The third kappa shape index (κ3) is 3.98. The third-order valence-corrected chi connectivity index (χ3v) is 7.68. The Kier molecular flexibility index (Phi) is 6.39. The summed E-state index contributed by atoms with van der Waals surface area (Å²) in [6.07, 6.45) is 3.77. The van der Waals surface area contributed by atoms with Gasteiger partial charge in [-0.3, -0.25) is 4.79 Å². The van der Waals surface area contributed by atoms with E-state index in [-0.39, 0.29) is 36.3 Å². The zero-order valence-electron chi connectivity index (χ0n) is 17.1. The summed E-state index contributed by atoms with van der Waals surface area (Å²) in [5.74, 6) is 1.16. The highest BCUT2D eigenvalue weighted by Gasteiger charge is 2.38. The minimum Gasteiger partial charge on any atom is -0.487 e. The van der Waals surface area contributed by atoms with Gasteiger partial charge in [0.2, 0.25) is 0 Å². The fraction of sp³-hybridized carbons (Fsp3) is 0.522. The van der Waals surface area contributed by atoms with E-state index in [4.69, 9.17) is 4.74 Å². The summed E-state index contributed by atoms with van der Waals surface area (Å²) >= 11 is 1.75. The van der Waals surface area contributed by atoms with Gasteiger partial charge in [0.15, 0.2) is 5.78 Å². The highest BCUT2D eigenvalue weighted by atomic mass is 35.5. The van der Waals surface area contributed by atoms with Gasteiger partial charge in [0.05, 0.1) is 0 Å². The lowest BCUT2D eigenvalue weighted by atomic mass is 9.87. The summed E-state index contributed by atoms with van der Waals surface area (Å²) in [6, 6.07) is 8.09. The predicted octanol–water partition coefficient (Wildman–Crippen LogP) is 3.75. The van der Waals surface area contributed by atoms with Crippen LogP contribution >= 0.6 is 23.7 Å². The van der Waals surface area contributed by atoms with E-state index in [2.05, 4.69) is 23.6 Å². The van der Waals surface area contributed by atoms with Crippen LogP contribution in [-0.2, 0) is 12.8 Å². The normalized spacial score (nSPS) is 27.2. The second-order valence-corrected chi connectivity index (χ2v) is 9.83. The fourth-order valence-electron chi connectivity index (χ4n) is 4.98. The number of aliphatic hydroxyl groups excluding tert-OH is 1. The topological polar surface area (TPSA) is 70.6 Å². The lowest BCUT2D eigenvalue weighted by Crippen LogP contribution is -2.44. The molecule has 162 valence electrons. The standard InChI is InChI=1S/C23H28N2O3S.ClH/c1-13-11-16-21(29-13)8-5-14(22(16)26)12-25-18-6-7-20(23(18)27)28-19-4-2-3-17-15(19)9-10-24-17;/h2-4,11,14,18,20,23-25,27H,5-10,12H2,1H3;1H. The Morgan fingerprint density at radius 2 is 2.13 bits per heavy atom. The number of carbonyl (C=O) groups excluding carboxylic acids is 1. The molecule has 1 aromatic heterocycles. The van der Waals surface area contributed by atoms with Gasteiger partial charge in [0.25, 0.3) is 0 Å². The van der Waals surface area contributed by atoms with Crippen molar-refractivity contribution in [2.75, 3.05) is 18.4 Å². The van der Waals surface area contributed by atoms with E-state index < -0.39 is 6.10 Å². The zero-order chi connectivity index (χ0) is 20.0. The van der Waals surface area contributed by atoms with E-state index in [0.717, 1.165) is 55.6 Å². The lowest BCUT2D eigenvalue weighted by Gasteiger charge is -2.26. The average Bonchev–Trinajstić information content (AvgIpc) is 3.42. The Hall–Kier alpha value is -1.60. The van der Waals surface area contributed by atoms with Crippen molar-refractivity contribution in [2.24, 2.45) is 5.92 Å². The van der Waals surface area contributed by atoms with Gasteiger partial charge in [0.1, 0.15) is 18.0 Å². The number of ketones is 1. The molecule has 3 N–H and O–H groups in total. The number of halogens is 1. The second-order valence-electron chi connectivity index (χ2n) is 8.49. The van der Waals surface area contributed by atoms with Crippen molar-refractivity contribution >= 4 is 35.2 Å². The van der Waals surface area contributed by atoms with Gasteiger partial charge in [-0.25, -0.2) is 0 Å². The molecule has 5 rings (SSSR count). The molecule has 30 heavy (non-hydrogen) atoms. The maximum Gasteiger partial charge on any atom is 0.168 e. The van der Waals surface area contributed by atoms with Crippen LogP contribution < -0.4 is 15.4 Å². The molecule has 0 spiro atoms. The van der Waals surface area contributed by atoms with Crippen LogP contribution in [0.5, 0.6) is 5.75 Å². The van der Waals surface area contributed by atoms with Gasteiger partial charge in [-0.1, -0.05) is 6.07 Å². The molecule has 0 saturated heterocycles. The van der Waals surface area contributed by atoms with Crippen LogP contribution in [0.3, 0.4) is 0 Å². The van der Waals surface area contributed by atoms with E-state index in [1.54, 1.807) is 11.3 Å². The monoisotopic (exact) mass is 448 g/mol. The molecular formula is C23H29ClN2O3S. The van der Waals surface area contributed by atoms with Crippen LogP contribution in [0.4, 0.5) is 5.69 Å². The van der Waals surface area contributed by atoms with Gasteiger partial charge >= 0.3 is 0 Å². The molecule has 2 aliphatic carbocycles. The molecular weight excluding hydrogens is 420 g/mol. The number of ether oxygens (including phenoxy) is 1. The van der Waals surface area contributed by atoms with E-state index in [1.165, 1.54) is 15.3 Å². The van der Waals surface area contributed by atoms with E-state index in [0.29, 0.717) is 6.54 Å². The lowest BCUT2D eigenvalue weighted by molar-refractivity contribution is 0.0438. The number of Topliss-reactive ketones (excluding diaryl/α,β-unsaturated/α-hetero) is 1. The minimum absolute atomic E-state index is 0. The number of aliphatic hydroxyl groups is 1. The smallest absolute Gasteiger partial charge is 0.168 e. The predicted molar refractivity (Wildman–Crippen MR) is 123 cm³/mol. The molecule has 2 aromatic rings. The quantitative estimate of drug-likeness (QED) is 0.649. The molecule has 2 heterocycles. The second kappa shape index (κ2) is 8.87. The number of anilines is 1. The molecule has 0 bridgehead atoms. The van der Waals surface area contributed by atoms with Crippen LogP contribution in [0, 0.1) is 12.8 Å². The van der Waals surface area contributed by atoms with Crippen molar-refractivity contribution < 1.29 is 14.6 Å². The molecule has 5 nitrogen and oxygen atoms in total. The van der Waals surface area contributed by atoms with Crippen molar-refractivity contribution in [3.63, 3.8) is 0 Å². The van der Waals surface area contributed by atoms with Crippen molar-refractivity contribution in [3.8, 4) is 5.75 Å². The first kappa shape index (κ1) is 21.6. The maximum absolute atomic E-state index is 12.8. The summed E-state index contributed by atoms with van der Waals surface area (Å²) < 4.78 is 6.23. The first-order valence-electron chi connectivity index (χ1n) is 10.7. The number of rotatable bonds is 5. The molecule has 4 atom stereocenters. The van der Waals surface area contributed by atoms with Crippen LogP contribution in [-0.4, -0.2) is 42.2 Å². The summed E-state index contributed by atoms with van der Waals surface area (Å²) in [6.45, 7) is 3.64. The molecule has 0 radical (unpaired) electrons. The molecule has 3 aliphatic rings. The molecule has 1 saturated carbocycles. The molecule has 7 heteroatoms. The van der Waals surface area contributed by atoms with Crippen molar-refractivity contribution in [1.82, 2.24) is 5.32 Å². The Bertz CT molecular complexity index is 931. The number of hydrogen-bond acceptors (Lipinski definition) is 6. The Morgan fingerprint density at radius 3 is 3.00 bits per heavy atom. The number of benzene rings is 1. The zero-order valence-corrected chi connectivity index (χ0v) is 18.8. The van der Waals surface area contributed by atoms with Crippen LogP contribution in [0.1, 0.15) is 44.9 Å². The highest BCUT2D eigenvalue weighted by Crippen LogP contribution is 2.35. The first-order valence-corrected chi connectivity index (χ1v) is 11.5. The Labute approximate surface area is 187 Å².